The lowest BCUT2D eigenvalue weighted by Gasteiger charge is -2.15. The number of rotatable bonds is 5. The van der Waals surface area contributed by atoms with Gasteiger partial charge in [-0.05, 0) is 56.4 Å². The minimum atomic E-state index is -0.913. The number of hydrogen-bond donors (Lipinski definition) is 1. The summed E-state index contributed by atoms with van der Waals surface area (Å²) in [5.74, 6) is -0.273. The molecule has 0 spiro atoms. The lowest BCUT2D eigenvalue weighted by molar-refractivity contribution is -0.123. The van der Waals surface area contributed by atoms with Gasteiger partial charge < -0.3 is 10.1 Å². The fourth-order valence-electron chi connectivity index (χ4n) is 3.50. The molecule has 4 rings (SSSR count). The minimum Gasteiger partial charge on any atom is -0.448 e. The molecule has 3 aromatic rings. The second kappa shape index (κ2) is 7.83. The molecular formula is C22H23N3O3S. The minimum absolute atomic E-state index is 0.110. The van der Waals surface area contributed by atoms with Crippen LogP contribution >= 0.6 is 11.3 Å². The fourth-order valence-corrected chi connectivity index (χ4v) is 4.65. The van der Waals surface area contributed by atoms with E-state index in [4.69, 9.17) is 4.74 Å². The van der Waals surface area contributed by atoms with Crippen LogP contribution in [0.2, 0.25) is 0 Å². The molecule has 1 N–H and O–H groups in total. The molecule has 0 aliphatic heterocycles. The molecule has 2 aromatic heterocycles. The third-order valence-corrected chi connectivity index (χ3v) is 6.19. The number of hydrogen-bond acceptors (Lipinski definition) is 5. The highest BCUT2D eigenvalue weighted by atomic mass is 32.1. The molecular weight excluding hydrogens is 386 g/mol. The van der Waals surface area contributed by atoms with Crippen molar-refractivity contribution < 1.29 is 14.3 Å². The van der Waals surface area contributed by atoms with Crippen LogP contribution in [0.1, 0.15) is 47.6 Å². The van der Waals surface area contributed by atoms with Crippen LogP contribution in [0.15, 0.2) is 42.6 Å². The van der Waals surface area contributed by atoms with E-state index in [1.165, 1.54) is 28.0 Å². The largest absolute Gasteiger partial charge is 0.448 e. The second-order valence-corrected chi connectivity index (χ2v) is 8.47. The molecule has 1 amide bonds. The summed E-state index contributed by atoms with van der Waals surface area (Å²) in [6.45, 7) is 5.53. The molecule has 0 saturated carbocycles. The van der Waals surface area contributed by atoms with Crippen molar-refractivity contribution in [3.05, 3.63) is 58.6 Å². The summed E-state index contributed by atoms with van der Waals surface area (Å²) in [6, 6.07) is 12.0. The Morgan fingerprint density at radius 1 is 1.14 bits per heavy atom. The number of esters is 1. The van der Waals surface area contributed by atoms with Gasteiger partial charge in [0.05, 0.1) is 6.20 Å². The van der Waals surface area contributed by atoms with Gasteiger partial charge in [0.2, 0.25) is 0 Å². The van der Waals surface area contributed by atoms with Gasteiger partial charge in [0.1, 0.15) is 10.7 Å². The molecule has 1 unspecified atom stereocenters. The number of thiophene rings is 1. The summed E-state index contributed by atoms with van der Waals surface area (Å²) in [5.41, 5.74) is 3.65. The Bertz CT molecular complexity index is 1070. The molecule has 0 radical (unpaired) electrons. The summed E-state index contributed by atoms with van der Waals surface area (Å²) in [7, 11) is 0. The maximum Gasteiger partial charge on any atom is 0.349 e. The highest BCUT2D eigenvalue weighted by molar-refractivity contribution is 7.17. The number of carbonyl (C=O) groups excluding carboxylic acids is 2. The first kappa shape index (κ1) is 19.4. The zero-order valence-electron chi connectivity index (χ0n) is 16.6. The molecule has 1 atom stereocenters. The van der Waals surface area contributed by atoms with E-state index in [1.54, 1.807) is 23.9 Å². The van der Waals surface area contributed by atoms with Crippen molar-refractivity contribution in [3.63, 3.8) is 0 Å². The zero-order chi connectivity index (χ0) is 20.5. The van der Waals surface area contributed by atoms with Crippen molar-refractivity contribution in [2.24, 2.45) is 0 Å². The summed E-state index contributed by atoms with van der Waals surface area (Å²) >= 11 is 1.43. The normalized spacial score (nSPS) is 13.5. The van der Waals surface area contributed by atoms with E-state index in [0.29, 0.717) is 10.7 Å². The van der Waals surface area contributed by atoms with E-state index in [0.717, 1.165) is 17.7 Å². The number of fused-ring (bicyclic) bond motifs is 3. The van der Waals surface area contributed by atoms with Crippen molar-refractivity contribution in [2.45, 2.75) is 45.8 Å². The number of nitrogens with one attached hydrogen (secondary N) is 1. The Kier molecular flexibility index (Phi) is 5.24. The number of anilines is 1. The Morgan fingerprint density at radius 3 is 2.69 bits per heavy atom. The van der Waals surface area contributed by atoms with E-state index in [9.17, 15) is 9.59 Å². The molecule has 1 aliphatic rings. The molecule has 0 bridgehead atoms. The van der Waals surface area contributed by atoms with Crippen molar-refractivity contribution in [3.8, 4) is 10.4 Å². The van der Waals surface area contributed by atoms with Crippen LogP contribution in [0.5, 0.6) is 0 Å². The Labute approximate surface area is 173 Å². The first-order chi connectivity index (χ1) is 13.9. The van der Waals surface area contributed by atoms with Crippen LogP contribution in [0.3, 0.4) is 0 Å². The predicted molar refractivity (Wildman–Crippen MR) is 113 cm³/mol. The summed E-state index contributed by atoms with van der Waals surface area (Å²) in [6.07, 6.45) is 2.59. The third-order valence-electron chi connectivity index (χ3n) is 5.00. The SMILES string of the molecule is CC(OC(=O)c1cc2c(s1)-c1ccccc1CC2)C(=O)Nc1ccnn1C(C)C. The van der Waals surface area contributed by atoms with Gasteiger partial charge in [-0.15, -0.1) is 11.3 Å². The first-order valence-corrected chi connectivity index (χ1v) is 10.5. The lowest BCUT2D eigenvalue weighted by atomic mass is 9.91. The van der Waals surface area contributed by atoms with Crippen LogP contribution in [-0.4, -0.2) is 27.8 Å². The molecule has 2 heterocycles. The Balaban J connectivity index is 1.45. The van der Waals surface area contributed by atoms with Gasteiger partial charge in [-0.2, -0.15) is 5.10 Å². The van der Waals surface area contributed by atoms with Crippen LogP contribution in [0, 0.1) is 0 Å². The van der Waals surface area contributed by atoms with Crippen LogP contribution in [0.4, 0.5) is 5.82 Å². The van der Waals surface area contributed by atoms with Crippen molar-refractivity contribution in [1.29, 1.82) is 0 Å². The number of benzene rings is 1. The molecule has 6 nitrogen and oxygen atoms in total. The smallest absolute Gasteiger partial charge is 0.349 e. The van der Waals surface area contributed by atoms with Gasteiger partial charge in [-0.1, -0.05) is 24.3 Å². The molecule has 0 fully saturated rings. The summed E-state index contributed by atoms with van der Waals surface area (Å²) in [5, 5.41) is 6.97. The van der Waals surface area contributed by atoms with Gasteiger partial charge >= 0.3 is 5.97 Å². The molecule has 1 aromatic carbocycles. The van der Waals surface area contributed by atoms with Gasteiger partial charge in [-0.3, -0.25) is 4.79 Å². The zero-order valence-corrected chi connectivity index (χ0v) is 17.5. The average molecular weight is 410 g/mol. The van der Waals surface area contributed by atoms with Crippen molar-refractivity contribution in [1.82, 2.24) is 9.78 Å². The number of aromatic nitrogens is 2. The molecule has 150 valence electrons. The van der Waals surface area contributed by atoms with Crippen LogP contribution in [-0.2, 0) is 22.4 Å². The molecule has 1 aliphatic carbocycles. The number of amides is 1. The van der Waals surface area contributed by atoms with E-state index in [-0.39, 0.29) is 11.9 Å². The number of carbonyl (C=O) groups is 2. The highest BCUT2D eigenvalue weighted by Crippen LogP contribution is 2.39. The number of nitrogens with zero attached hydrogens (tertiary/aromatic N) is 2. The van der Waals surface area contributed by atoms with E-state index >= 15 is 0 Å². The third kappa shape index (κ3) is 3.82. The predicted octanol–water partition coefficient (Wildman–Crippen LogP) is 4.48. The van der Waals surface area contributed by atoms with Crippen LogP contribution < -0.4 is 5.32 Å². The van der Waals surface area contributed by atoms with E-state index < -0.39 is 12.1 Å². The van der Waals surface area contributed by atoms with Crippen molar-refractivity contribution >= 4 is 29.0 Å². The lowest BCUT2D eigenvalue weighted by Crippen LogP contribution is -2.30. The van der Waals surface area contributed by atoms with Gasteiger partial charge in [0.15, 0.2) is 6.10 Å². The molecule has 7 heteroatoms. The quantitative estimate of drug-likeness (QED) is 0.631. The van der Waals surface area contributed by atoms with Gasteiger partial charge in [0, 0.05) is 17.0 Å². The topological polar surface area (TPSA) is 73.2 Å². The first-order valence-electron chi connectivity index (χ1n) is 9.70. The van der Waals surface area contributed by atoms with Crippen LogP contribution in [0.25, 0.3) is 10.4 Å². The standard InChI is InChI=1S/C22H23N3O3S/c1-13(2)25-19(10-11-23-25)24-21(26)14(3)28-22(27)18-12-16-9-8-15-6-4-5-7-17(15)20(16)29-18/h4-7,10-14H,8-9H2,1-3H3,(H,24,26). The van der Waals surface area contributed by atoms with E-state index in [2.05, 4.69) is 22.5 Å². The maximum atomic E-state index is 12.7. The second-order valence-electron chi connectivity index (χ2n) is 7.41. The monoisotopic (exact) mass is 409 g/mol. The van der Waals surface area contributed by atoms with Gasteiger partial charge in [-0.25, -0.2) is 9.48 Å². The summed E-state index contributed by atoms with van der Waals surface area (Å²) in [4.78, 5) is 26.8. The molecule has 29 heavy (non-hydrogen) atoms. The maximum absolute atomic E-state index is 12.7. The molecule has 0 saturated heterocycles. The fraction of sp³-hybridized carbons (Fsp3) is 0.318. The Hall–Kier alpha value is -2.93. The van der Waals surface area contributed by atoms with Gasteiger partial charge in [0.25, 0.3) is 5.91 Å². The summed E-state index contributed by atoms with van der Waals surface area (Å²) < 4.78 is 7.15. The van der Waals surface area contributed by atoms with Crippen molar-refractivity contribution in [2.75, 3.05) is 5.32 Å². The number of ether oxygens (including phenoxy) is 1. The Morgan fingerprint density at radius 2 is 1.90 bits per heavy atom. The average Bonchev–Trinajstić information content (AvgIpc) is 3.34. The number of aryl methyl sites for hydroxylation is 2. The van der Waals surface area contributed by atoms with E-state index in [1.807, 2.05) is 32.0 Å². The highest BCUT2D eigenvalue weighted by Gasteiger charge is 2.25.